The fourth-order valence-electron chi connectivity index (χ4n) is 3.96. The van der Waals surface area contributed by atoms with Crippen molar-refractivity contribution in [3.05, 3.63) is 87.4 Å². The Hall–Kier alpha value is -3.45. The van der Waals surface area contributed by atoms with E-state index in [9.17, 15) is 14.7 Å². The lowest BCUT2D eigenvalue weighted by atomic mass is 9.95. The summed E-state index contributed by atoms with van der Waals surface area (Å²) in [6.07, 6.45) is 3.30. The van der Waals surface area contributed by atoms with Crippen molar-refractivity contribution in [1.82, 2.24) is 9.88 Å². The number of aliphatic hydroxyl groups is 1. The van der Waals surface area contributed by atoms with E-state index in [2.05, 4.69) is 4.98 Å². The van der Waals surface area contributed by atoms with Crippen LogP contribution in [0.4, 0.5) is 0 Å². The van der Waals surface area contributed by atoms with Crippen molar-refractivity contribution >= 4 is 28.8 Å². The summed E-state index contributed by atoms with van der Waals surface area (Å²) in [5.41, 5.74) is 2.36. The van der Waals surface area contributed by atoms with Gasteiger partial charge in [0.1, 0.15) is 11.5 Å². The van der Waals surface area contributed by atoms with Crippen LogP contribution >= 0.6 is 11.3 Å². The maximum Gasteiger partial charge on any atom is 0.295 e. The Labute approximate surface area is 190 Å². The number of ether oxygens (including phenoxy) is 1. The van der Waals surface area contributed by atoms with Crippen molar-refractivity contribution in [3.63, 3.8) is 0 Å². The van der Waals surface area contributed by atoms with Crippen LogP contribution in [0.1, 0.15) is 47.4 Å². The monoisotopic (exact) mass is 448 g/mol. The molecule has 0 saturated carbocycles. The fraction of sp³-hybridized carbons (Fsp3) is 0.240. The Morgan fingerprint density at radius 2 is 1.94 bits per heavy atom. The summed E-state index contributed by atoms with van der Waals surface area (Å²) in [4.78, 5) is 32.5. The molecule has 0 bridgehead atoms. The molecule has 1 aromatic carbocycles. The third-order valence-corrected chi connectivity index (χ3v) is 6.50. The summed E-state index contributed by atoms with van der Waals surface area (Å²) in [5.74, 6) is -0.621. The molecule has 0 radical (unpaired) electrons. The number of rotatable bonds is 6. The Kier molecular flexibility index (Phi) is 6.10. The van der Waals surface area contributed by atoms with Gasteiger partial charge in [0.2, 0.25) is 0 Å². The largest absolute Gasteiger partial charge is 0.507 e. The quantitative estimate of drug-likeness (QED) is 0.330. The molecule has 7 heteroatoms. The Balaban J connectivity index is 1.84. The van der Waals surface area contributed by atoms with Gasteiger partial charge in [-0.2, -0.15) is 0 Å². The second-order valence-corrected chi connectivity index (χ2v) is 8.89. The number of aromatic nitrogens is 1. The van der Waals surface area contributed by atoms with Crippen LogP contribution in [0.25, 0.3) is 5.76 Å². The molecule has 3 heterocycles. The molecule has 1 fully saturated rings. The molecule has 1 amide bonds. The van der Waals surface area contributed by atoms with Crippen molar-refractivity contribution in [2.75, 3.05) is 7.11 Å². The van der Waals surface area contributed by atoms with E-state index in [0.717, 1.165) is 16.0 Å². The van der Waals surface area contributed by atoms with E-state index in [1.807, 2.05) is 49.6 Å². The molecule has 1 aliphatic rings. The number of benzene rings is 1. The summed E-state index contributed by atoms with van der Waals surface area (Å²) < 4.78 is 5.44. The van der Waals surface area contributed by atoms with Gasteiger partial charge in [0.15, 0.2) is 0 Å². The van der Waals surface area contributed by atoms with E-state index >= 15 is 0 Å². The molecule has 4 rings (SSSR count). The number of carbonyl (C=O) groups is 2. The number of nitrogens with zero attached hydrogens (tertiary/aromatic N) is 2. The van der Waals surface area contributed by atoms with E-state index in [4.69, 9.17) is 4.74 Å². The Bertz CT molecular complexity index is 1170. The van der Waals surface area contributed by atoms with Gasteiger partial charge in [-0.15, -0.1) is 11.3 Å². The normalized spacial score (nSPS) is 17.9. The van der Waals surface area contributed by atoms with Crippen LogP contribution in [-0.4, -0.2) is 33.8 Å². The van der Waals surface area contributed by atoms with E-state index in [-0.39, 0.29) is 23.8 Å². The van der Waals surface area contributed by atoms with Crippen molar-refractivity contribution in [1.29, 1.82) is 0 Å². The standard InChI is InChI=1S/C25H24N2O4S/c1-15(2)18-13-17(6-7-19(18)31-3)23(28)21-22(20-5-4-12-32-20)27(25(30)24(21)29)14-16-8-10-26-11-9-16/h4-13,15,22,28H,14H2,1-3H3/b23-21-. The number of Topliss-reactive ketones (excluding diaryl/α,β-unsaturated/α-hetero) is 1. The third kappa shape index (κ3) is 3.91. The minimum atomic E-state index is -0.683. The number of thiophene rings is 1. The number of hydrogen-bond acceptors (Lipinski definition) is 6. The van der Waals surface area contributed by atoms with Gasteiger partial charge in [0.05, 0.1) is 18.7 Å². The van der Waals surface area contributed by atoms with Crippen molar-refractivity contribution in [3.8, 4) is 5.75 Å². The van der Waals surface area contributed by atoms with E-state index in [1.54, 1.807) is 31.6 Å². The molecule has 2 aromatic heterocycles. The summed E-state index contributed by atoms with van der Waals surface area (Å²) in [7, 11) is 1.60. The zero-order chi connectivity index (χ0) is 22.8. The first-order valence-electron chi connectivity index (χ1n) is 10.3. The topological polar surface area (TPSA) is 79.7 Å². The number of hydrogen-bond donors (Lipinski definition) is 1. The van der Waals surface area contributed by atoms with Crippen molar-refractivity contribution in [2.24, 2.45) is 0 Å². The van der Waals surface area contributed by atoms with Crippen LogP contribution in [-0.2, 0) is 16.1 Å². The number of aliphatic hydroxyl groups excluding tert-OH is 1. The second-order valence-electron chi connectivity index (χ2n) is 7.91. The van der Waals surface area contributed by atoms with E-state index in [0.29, 0.717) is 11.3 Å². The van der Waals surface area contributed by atoms with Crippen LogP contribution < -0.4 is 4.74 Å². The molecular weight excluding hydrogens is 424 g/mol. The highest BCUT2D eigenvalue weighted by atomic mass is 32.1. The molecule has 1 unspecified atom stereocenters. The number of ketones is 1. The maximum absolute atomic E-state index is 13.1. The SMILES string of the molecule is COc1ccc(/C(O)=C2/C(=O)C(=O)N(Cc3ccncc3)C2c2cccs2)cc1C(C)C. The van der Waals surface area contributed by atoms with Gasteiger partial charge in [0, 0.05) is 29.4 Å². The average molecular weight is 449 g/mol. The highest BCUT2D eigenvalue weighted by Gasteiger charge is 2.46. The molecule has 0 spiro atoms. The molecule has 164 valence electrons. The predicted molar refractivity (Wildman–Crippen MR) is 123 cm³/mol. The second kappa shape index (κ2) is 8.96. The fourth-order valence-corrected chi connectivity index (χ4v) is 4.80. The van der Waals surface area contributed by atoms with Crippen LogP contribution in [0.5, 0.6) is 5.75 Å². The van der Waals surface area contributed by atoms with Crippen LogP contribution in [0.2, 0.25) is 0 Å². The molecule has 1 N–H and O–H groups in total. The predicted octanol–water partition coefficient (Wildman–Crippen LogP) is 4.90. The van der Waals surface area contributed by atoms with Gasteiger partial charge in [-0.25, -0.2) is 0 Å². The van der Waals surface area contributed by atoms with Gasteiger partial charge < -0.3 is 14.7 Å². The van der Waals surface area contributed by atoms with Crippen molar-refractivity contribution < 1.29 is 19.4 Å². The number of carbonyl (C=O) groups excluding carboxylic acids is 2. The highest BCUT2D eigenvalue weighted by Crippen LogP contribution is 2.42. The average Bonchev–Trinajstić information content (AvgIpc) is 3.41. The number of amides is 1. The van der Waals surface area contributed by atoms with Gasteiger partial charge in [-0.3, -0.25) is 14.6 Å². The lowest BCUT2D eigenvalue weighted by Gasteiger charge is -2.24. The summed E-state index contributed by atoms with van der Waals surface area (Å²) in [6.45, 7) is 4.30. The lowest BCUT2D eigenvalue weighted by Crippen LogP contribution is -2.28. The van der Waals surface area contributed by atoms with Gasteiger partial charge in [-0.1, -0.05) is 19.9 Å². The molecular formula is C25H24N2O4S. The minimum Gasteiger partial charge on any atom is -0.507 e. The van der Waals surface area contributed by atoms with Crippen LogP contribution in [0, 0.1) is 0 Å². The Morgan fingerprint density at radius 1 is 1.19 bits per heavy atom. The van der Waals surface area contributed by atoms with Gasteiger partial charge in [0.25, 0.3) is 11.7 Å². The van der Waals surface area contributed by atoms with E-state index < -0.39 is 17.7 Å². The van der Waals surface area contributed by atoms with Crippen LogP contribution in [0.3, 0.4) is 0 Å². The zero-order valence-corrected chi connectivity index (χ0v) is 18.9. The first kappa shape index (κ1) is 21.8. The molecule has 1 aliphatic heterocycles. The number of likely N-dealkylation sites (tertiary alicyclic amines) is 1. The molecule has 32 heavy (non-hydrogen) atoms. The summed E-state index contributed by atoms with van der Waals surface area (Å²) in [6, 6.07) is 12.0. The third-order valence-electron chi connectivity index (χ3n) is 5.58. The van der Waals surface area contributed by atoms with E-state index in [1.165, 1.54) is 16.2 Å². The smallest absolute Gasteiger partial charge is 0.295 e. The zero-order valence-electron chi connectivity index (χ0n) is 18.1. The molecule has 6 nitrogen and oxygen atoms in total. The first-order chi connectivity index (χ1) is 15.4. The molecule has 0 aliphatic carbocycles. The Morgan fingerprint density at radius 3 is 2.56 bits per heavy atom. The number of methoxy groups -OCH3 is 1. The van der Waals surface area contributed by atoms with Gasteiger partial charge >= 0.3 is 0 Å². The van der Waals surface area contributed by atoms with Crippen molar-refractivity contribution in [2.45, 2.75) is 32.4 Å². The summed E-state index contributed by atoms with van der Waals surface area (Å²) in [5, 5.41) is 13.2. The maximum atomic E-state index is 13.1. The first-order valence-corrected chi connectivity index (χ1v) is 11.2. The summed E-state index contributed by atoms with van der Waals surface area (Å²) >= 11 is 1.45. The minimum absolute atomic E-state index is 0.103. The lowest BCUT2D eigenvalue weighted by molar-refractivity contribution is -0.140. The molecule has 1 atom stereocenters. The van der Waals surface area contributed by atoms with Crippen LogP contribution in [0.15, 0.2) is 65.8 Å². The van der Waals surface area contributed by atoms with Gasteiger partial charge in [-0.05, 0) is 58.8 Å². The molecule has 1 saturated heterocycles. The molecule has 3 aromatic rings. The highest BCUT2D eigenvalue weighted by molar-refractivity contribution is 7.10. The number of pyridine rings is 1.